The summed E-state index contributed by atoms with van der Waals surface area (Å²) in [6, 6.07) is 20.5. The Hall–Kier alpha value is -3.82. The number of anilines is 1. The normalized spacial score (nSPS) is 20.1. The molecule has 1 amide bonds. The number of aryl methyl sites for hydroxylation is 2. The Balaban J connectivity index is 1.32. The number of amides is 1. The second-order valence-corrected chi connectivity index (χ2v) is 12.4. The fourth-order valence-corrected chi connectivity index (χ4v) is 6.97. The molecule has 1 aromatic heterocycles. The van der Waals surface area contributed by atoms with Gasteiger partial charge in [0.25, 0.3) is 0 Å². The molecule has 7 nitrogen and oxygen atoms in total. The molecule has 0 aliphatic heterocycles. The van der Waals surface area contributed by atoms with E-state index in [2.05, 4.69) is 21.8 Å². The predicted molar refractivity (Wildman–Crippen MR) is 151 cm³/mol. The van der Waals surface area contributed by atoms with E-state index in [1.165, 1.54) is 18.2 Å². The zero-order chi connectivity index (χ0) is 27.9. The number of benzene rings is 3. The van der Waals surface area contributed by atoms with Gasteiger partial charge in [-0.05, 0) is 78.6 Å². The van der Waals surface area contributed by atoms with Crippen LogP contribution < -0.4 is 9.62 Å². The Morgan fingerprint density at radius 3 is 2.67 bits per heavy atom. The van der Waals surface area contributed by atoms with E-state index in [0.29, 0.717) is 18.7 Å². The maximum absolute atomic E-state index is 14.0. The minimum absolute atomic E-state index is 0.0319. The van der Waals surface area contributed by atoms with Crippen molar-refractivity contribution in [1.82, 2.24) is 14.3 Å². The molecule has 2 aliphatic carbocycles. The standard InChI is InChI=1S/C31H31FN4O3S/c1-35-16-15-33-30(35)20-36(31(37)28-19-26(28)21-7-3-2-4-8-21)24-14-13-22-9-5-12-29(27(22)18-24)34-40(38,39)25-11-6-10-23(32)17-25/h2-4,6-8,10-11,13-18,26,28-29,34H,5,9,12,19-20H2,1H3. The molecule has 0 saturated heterocycles. The molecular weight excluding hydrogens is 527 g/mol. The van der Waals surface area contributed by atoms with E-state index in [1.54, 1.807) is 11.1 Å². The van der Waals surface area contributed by atoms with E-state index in [4.69, 9.17) is 0 Å². The minimum atomic E-state index is -3.95. The average molecular weight is 559 g/mol. The first-order valence-corrected chi connectivity index (χ1v) is 15.0. The third kappa shape index (κ3) is 5.31. The van der Waals surface area contributed by atoms with E-state index < -0.39 is 21.9 Å². The number of fused-ring (bicyclic) bond motifs is 1. The molecular formula is C31H31FN4O3S. The van der Waals surface area contributed by atoms with E-state index in [9.17, 15) is 17.6 Å². The highest BCUT2D eigenvalue weighted by Crippen LogP contribution is 2.49. The maximum Gasteiger partial charge on any atom is 0.241 e. The number of sulfonamides is 1. The fourth-order valence-electron chi connectivity index (χ4n) is 5.69. The molecule has 6 rings (SSSR count). The molecule has 40 heavy (non-hydrogen) atoms. The zero-order valence-corrected chi connectivity index (χ0v) is 23.0. The Bertz CT molecular complexity index is 1650. The number of rotatable bonds is 8. The van der Waals surface area contributed by atoms with Crippen molar-refractivity contribution >= 4 is 21.6 Å². The molecule has 3 atom stereocenters. The van der Waals surface area contributed by atoms with Gasteiger partial charge < -0.3 is 9.47 Å². The van der Waals surface area contributed by atoms with Crippen LogP contribution in [-0.2, 0) is 34.8 Å². The number of imidazole rings is 1. The number of carbonyl (C=O) groups is 1. The molecule has 0 spiro atoms. The van der Waals surface area contributed by atoms with Crippen LogP contribution in [0, 0.1) is 11.7 Å². The van der Waals surface area contributed by atoms with Crippen LogP contribution >= 0.6 is 0 Å². The van der Waals surface area contributed by atoms with Gasteiger partial charge in [0.15, 0.2) is 0 Å². The summed E-state index contributed by atoms with van der Waals surface area (Å²) in [6.45, 7) is 0.304. The van der Waals surface area contributed by atoms with Gasteiger partial charge in [0, 0.05) is 37.1 Å². The van der Waals surface area contributed by atoms with Gasteiger partial charge in [0.05, 0.1) is 11.4 Å². The van der Waals surface area contributed by atoms with Crippen LogP contribution in [0.1, 0.15) is 53.7 Å². The second-order valence-electron chi connectivity index (χ2n) is 10.6. The van der Waals surface area contributed by atoms with E-state index in [0.717, 1.165) is 47.8 Å². The molecule has 1 saturated carbocycles. The minimum Gasteiger partial charge on any atom is -0.337 e. The van der Waals surface area contributed by atoms with Crippen molar-refractivity contribution in [2.24, 2.45) is 13.0 Å². The maximum atomic E-state index is 14.0. The third-order valence-corrected chi connectivity index (χ3v) is 9.45. The Labute approximate surface area is 233 Å². The summed E-state index contributed by atoms with van der Waals surface area (Å²) in [5.41, 5.74) is 3.76. The number of carbonyl (C=O) groups excluding carboxylic acids is 1. The molecule has 2 aliphatic rings. The van der Waals surface area contributed by atoms with Crippen molar-refractivity contribution in [1.29, 1.82) is 0 Å². The van der Waals surface area contributed by atoms with E-state index >= 15 is 0 Å². The summed E-state index contributed by atoms with van der Waals surface area (Å²) in [5.74, 6) is 0.240. The van der Waals surface area contributed by atoms with Crippen molar-refractivity contribution in [2.45, 2.75) is 49.1 Å². The molecule has 1 heterocycles. The van der Waals surface area contributed by atoms with Gasteiger partial charge in [0.1, 0.15) is 11.6 Å². The van der Waals surface area contributed by atoms with Gasteiger partial charge in [-0.3, -0.25) is 4.79 Å². The van der Waals surface area contributed by atoms with Crippen LogP contribution in [0.4, 0.5) is 10.1 Å². The van der Waals surface area contributed by atoms with Crippen molar-refractivity contribution in [3.63, 3.8) is 0 Å². The number of hydrogen-bond acceptors (Lipinski definition) is 4. The van der Waals surface area contributed by atoms with Crippen LogP contribution in [0.15, 0.2) is 90.1 Å². The molecule has 0 radical (unpaired) electrons. The van der Waals surface area contributed by atoms with E-state index in [-0.39, 0.29) is 22.6 Å². The van der Waals surface area contributed by atoms with Gasteiger partial charge in [-0.25, -0.2) is 22.5 Å². The third-order valence-electron chi connectivity index (χ3n) is 7.98. The van der Waals surface area contributed by atoms with Crippen molar-refractivity contribution < 1.29 is 17.6 Å². The SMILES string of the molecule is Cn1ccnc1CN(C(=O)C1CC1c1ccccc1)c1ccc2c(c1)C(NS(=O)(=O)c1cccc(F)c1)CCC2. The first-order chi connectivity index (χ1) is 19.3. The van der Waals surface area contributed by atoms with Gasteiger partial charge >= 0.3 is 0 Å². The highest BCUT2D eigenvalue weighted by molar-refractivity contribution is 7.89. The lowest BCUT2D eigenvalue weighted by molar-refractivity contribution is -0.120. The van der Waals surface area contributed by atoms with Gasteiger partial charge in [-0.1, -0.05) is 42.5 Å². The lowest BCUT2D eigenvalue weighted by Crippen LogP contribution is -2.34. The van der Waals surface area contributed by atoms with Crippen molar-refractivity contribution in [2.75, 3.05) is 4.90 Å². The first kappa shape index (κ1) is 26.4. The van der Waals surface area contributed by atoms with Crippen LogP contribution in [0.25, 0.3) is 0 Å². The topological polar surface area (TPSA) is 84.3 Å². The van der Waals surface area contributed by atoms with Gasteiger partial charge in [-0.2, -0.15) is 0 Å². The molecule has 4 aromatic rings. The molecule has 1 N–H and O–H groups in total. The number of nitrogens with one attached hydrogen (secondary N) is 1. The summed E-state index contributed by atoms with van der Waals surface area (Å²) in [4.78, 5) is 20.1. The Morgan fingerprint density at radius 2 is 1.93 bits per heavy atom. The summed E-state index contributed by atoms with van der Waals surface area (Å²) >= 11 is 0. The molecule has 3 unspecified atom stereocenters. The summed E-state index contributed by atoms with van der Waals surface area (Å²) < 4.78 is 44.8. The number of hydrogen-bond donors (Lipinski definition) is 1. The Kier molecular flexibility index (Phi) is 7.02. The lowest BCUT2D eigenvalue weighted by Gasteiger charge is -2.29. The molecule has 206 valence electrons. The summed E-state index contributed by atoms with van der Waals surface area (Å²) in [6.07, 6.45) is 6.61. The number of aromatic nitrogens is 2. The Morgan fingerprint density at radius 1 is 1.10 bits per heavy atom. The quantitative estimate of drug-likeness (QED) is 0.320. The highest BCUT2D eigenvalue weighted by atomic mass is 32.2. The van der Waals surface area contributed by atoms with Crippen LogP contribution in [0.5, 0.6) is 0 Å². The van der Waals surface area contributed by atoms with Crippen molar-refractivity contribution in [3.05, 3.63) is 114 Å². The van der Waals surface area contributed by atoms with Crippen LogP contribution in [0.3, 0.4) is 0 Å². The number of halogens is 1. The average Bonchev–Trinajstić information content (AvgIpc) is 3.66. The van der Waals surface area contributed by atoms with Crippen LogP contribution in [-0.4, -0.2) is 23.9 Å². The molecule has 1 fully saturated rings. The summed E-state index contributed by atoms with van der Waals surface area (Å²) in [5, 5.41) is 0. The monoisotopic (exact) mass is 558 g/mol. The van der Waals surface area contributed by atoms with Gasteiger partial charge in [0.2, 0.25) is 15.9 Å². The lowest BCUT2D eigenvalue weighted by atomic mass is 9.87. The highest BCUT2D eigenvalue weighted by Gasteiger charge is 2.46. The smallest absolute Gasteiger partial charge is 0.241 e. The molecule has 0 bridgehead atoms. The fraction of sp³-hybridized carbons (Fsp3) is 0.290. The summed E-state index contributed by atoms with van der Waals surface area (Å²) in [7, 11) is -2.04. The number of nitrogens with zero attached hydrogens (tertiary/aromatic N) is 3. The first-order valence-electron chi connectivity index (χ1n) is 13.5. The predicted octanol–water partition coefficient (Wildman–Crippen LogP) is 5.25. The van der Waals surface area contributed by atoms with E-state index in [1.807, 2.05) is 54.2 Å². The molecule has 3 aromatic carbocycles. The second kappa shape index (κ2) is 10.6. The zero-order valence-electron chi connectivity index (χ0n) is 22.2. The van der Waals surface area contributed by atoms with Crippen LogP contribution in [0.2, 0.25) is 0 Å². The van der Waals surface area contributed by atoms with Gasteiger partial charge in [-0.15, -0.1) is 0 Å². The van der Waals surface area contributed by atoms with Crippen molar-refractivity contribution in [3.8, 4) is 0 Å². The largest absolute Gasteiger partial charge is 0.337 e. The molecule has 9 heteroatoms.